The number of piperazine rings is 1. The van der Waals surface area contributed by atoms with E-state index in [2.05, 4.69) is 28.3 Å². The summed E-state index contributed by atoms with van der Waals surface area (Å²) in [5.41, 5.74) is 1.35. The minimum absolute atomic E-state index is 0.622. The average Bonchev–Trinajstić information content (AvgIpc) is 2.91. The lowest BCUT2D eigenvalue weighted by Crippen LogP contribution is -2.58. The molecule has 4 heteroatoms. The fourth-order valence-electron chi connectivity index (χ4n) is 4.15. The first-order valence-electron chi connectivity index (χ1n) is 8.68. The van der Waals surface area contributed by atoms with Crippen LogP contribution in [-0.4, -0.2) is 46.4 Å². The topological polar surface area (TPSA) is 33.1 Å². The van der Waals surface area contributed by atoms with Crippen LogP contribution in [0.2, 0.25) is 0 Å². The Kier molecular flexibility index (Phi) is 4.96. The highest BCUT2D eigenvalue weighted by Crippen LogP contribution is 2.30. The molecule has 118 valence electrons. The van der Waals surface area contributed by atoms with Crippen LogP contribution in [0.5, 0.6) is 0 Å². The zero-order valence-electron chi connectivity index (χ0n) is 13.6. The number of rotatable bonds is 4. The van der Waals surface area contributed by atoms with Gasteiger partial charge >= 0.3 is 0 Å². The van der Waals surface area contributed by atoms with E-state index in [1.165, 1.54) is 57.4 Å². The van der Waals surface area contributed by atoms with Gasteiger partial charge in [0.15, 0.2) is 0 Å². The maximum Gasteiger partial charge on any atom is 0.0492 e. The first kappa shape index (κ1) is 15.0. The normalized spacial score (nSPS) is 28.9. The van der Waals surface area contributed by atoms with Gasteiger partial charge in [0.25, 0.3) is 0 Å². The molecule has 1 aromatic rings. The minimum Gasteiger partial charge on any atom is -0.311 e. The SMILES string of the molecule is CC1CN(CCc2ccnn2C)C(C2CCCCC2)CN1. The fraction of sp³-hybridized carbons (Fsp3) is 0.824. The summed E-state index contributed by atoms with van der Waals surface area (Å²) in [6, 6.07) is 3.52. The van der Waals surface area contributed by atoms with Crippen LogP contribution in [-0.2, 0) is 13.5 Å². The van der Waals surface area contributed by atoms with Crippen molar-refractivity contribution in [1.82, 2.24) is 20.0 Å². The Labute approximate surface area is 128 Å². The summed E-state index contributed by atoms with van der Waals surface area (Å²) < 4.78 is 2.02. The van der Waals surface area contributed by atoms with E-state index in [4.69, 9.17) is 0 Å². The third-order valence-electron chi connectivity index (χ3n) is 5.42. The van der Waals surface area contributed by atoms with Crippen molar-refractivity contribution in [2.24, 2.45) is 13.0 Å². The van der Waals surface area contributed by atoms with Crippen LogP contribution < -0.4 is 5.32 Å². The Bertz CT molecular complexity index is 436. The highest BCUT2D eigenvalue weighted by Gasteiger charge is 2.32. The van der Waals surface area contributed by atoms with Gasteiger partial charge in [0.1, 0.15) is 0 Å². The van der Waals surface area contributed by atoms with E-state index in [-0.39, 0.29) is 0 Å². The van der Waals surface area contributed by atoms with Crippen molar-refractivity contribution in [1.29, 1.82) is 0 Å². The summed E-state index contributed by atoms with van der Waals surface area (Å²) in [5.74, 6) is 0.908. The number of nitrogens with zero attached hydrogens (tertiary/aromatic N) is 3. The predicted molar refractivity (Wildman–Crippen MR) is 86.3 cm³/mol. The number of hydrogen-bond donors (Lipinski definition) is 1. The highest BCUT2D eigenvalue weighted by atomic mass is 15.3. The van der Waals surface area contributed by atoms with Gasteiger partial charge < -0.3 is 5.32 Å². The molecule has 3 rings (SSSR count). The molecule has 4 nitrogen and oxygen atoms in total. The van der Waals surface area contributed by atoms with Gasteiger partial charge in [-0.05, 0) is 31.7 Å². The van der Waals surface area contributed by atoms with Crippen molar-refractivity contribution >= 4 is 0 Å². The van der Waals surface area contributed by atoms with E-state index in [1.54, 1.807) is 0 Å². The summed E-state index contributed by atoms with van der Waals surface area (Å²) >= 11 is 0. The van der Waals surface area contributed by atoms with Gasteiger partial charge in [0.2, 0.25) is 0 Å². The van der Waals surface area contributed by atoms with Crippen LogP contribution >= 0.6 is 0 Å². The van der Waals surface area contributed by atoms with Crippen molar-refractivity contribution in [3.05, 3.63) is 18.0 Å². The summed E-state index contributed by atoms with van der Waals surface area (Å²) in [7, 11) is 2.05. The summed E-state index contributed by atoms with van der Waals surface area (Å²) in [5, 5.41) is 7.99. The third kappa shape index (κ3) is 3.67. The molecule has 2 fully saturated rings. The third-order valence-corrected chi connectivity index (χ3v) is 5.42. The number of aromatic nitrogens is 2. The molecule has 1 saturated heterocycles. The summed E-state index contributed by atoms with van der Waals surface area (Å²) in [6.45, 7) is 5.86. The lowest BCUT2D eigenvalue weighted by Gasteiger charge is -2.44. The van der Waals surface area contributed by atoms with Gasteiger partial charge in [-0.2, -0.15) is 5.10 Å². The lowest BCUT2D eigenvalue weighted by atomic mass is 9.82. The highest BCUT2D eigenvalue weighted by molar-refractivity contribution is 5.01. The molecule has 2 aliphatic rings. The molecular weight excluding hydrogens is 260 g/mol. The van der Waals surface area contributed by atoms with E-state index >= 15 is 0 Å². The molecule has 2 unspecified atom stereocenters. The summed E-state index contributed by atoms with van der Waals surface area (Å²) in [4.78, 5) is 2.75. The van der Waals surface area contributed by atoms with Gasteiger partial charge in [-0.3, -0.25) is 9.58 Å². The molecule has 2 atom stereocenters. The smallest absolute Gasteiger partial charge is 0.0492 e. The standard InChI is InChI=1S/C17H30N4/c1-14-13-21(11-9-16-8-10-19-20(16)2)17(12-18-14)15-6-4-3-5-7-15/h8,10,14-15,17-18H,3-7,9,11-13H2,1-2H3. The van der Waals surface area contributed by atoms with Gasteiger partial charge in [-0.25, -0.2) is 0 Å². The number of nitrogens with one attached hydrogen (secondary N) is 1. The van der Waals surface area contributed by atoms with E-state index in [0.717, 1.165) is 18.4 Å². The molecule has 1 aromatic heterocycles. The van der Waals surface area contributed by atoms with Crippen LogP contribution in [0, 0.1) is 5.92 Å². The van der Waals surface area contributed by atoms with Crippen LogP contribution in [0.25, 0.3) is 0 Å². The molecule has 2 heterocycles. The first-order chi connectivity index (χ1) is 10.2. The van der Waals surface area contributed by atoms with Crippen LogP contribution in [0.3, 0.4) is 0 Å². The maximum absolute atomic E-state index is 4.29. The molecule has 0 spiro atoms. The Morgan fingerprint density at radius 1 is 1.29 bits per heavy atom. The van der Waals surface area contributed by atoms with Crippen molar-refractivity contribution in [3.63, 3.8) is 0 Å². The molecule has 1 N–H and O–H groups in total. The molecule has 21 heavy (non-hydrogen) atoms. The Morgan fingerprint density at radius 2 is 2.10 bits per heavy atom. The van der Waals surface area contributed by atoms with Gasteiger partial charge in [0, 0.05) is 57.1 Å². The zero-order chi connectivity index (χ0) is 14.7. The molecule has 1 aliphatic heterocycles. The van der Waals surface area contributed by atoms with E-state index in [1.807, 2.05) is 17.9 Å². The van der Waals surface area contributed by atoms with E-state index < -0.39 is 0 Å². The largest absolute Gasteiger partial charge is 0.311 e. The molecule has 0 radical (unpaired) electrons. The molecule has 1 saturated carbocycles. The number of aryl methyl sites for hydroxylation is 1. The Hall–Kier alpha value is -0.870. The van der Waals surface area contributed by atoms with Crippen molar-refractivity contribution in [2.75, 3.05) is 19.6 Å². The second kappa shape index (κ2) is 6.93. The van der Waals surface area contributed by atoms with Crippen molar-refractivity contribution in [2.45, 2.75) is 57.5 Å². The van der Waals surface area contributed by atoms with Crippen molar-refractivity contribution in [3.8, 4) is 0 Å². The lowest BCUT2D eigenvalue weighted by molar-refractivity contribution is 0.0760. The molecule has 0 amide bonds. The van der Waals surface area contributed by atoms with E-state index in [0.29, 0.717) is 6.04 Å². The minimum atomic E-state index is 0.622. The van der Waals surface area contributed by atoms with Crippen LogP contribution in [0.1, 0.15) is 44.7 Å². The quantitative estimate of drug-likeness (QED) is 0.923. The van der Waals surface area contributed by atoms with Gasteiger partial charge in [0.05, 0.1) is 0 Å². The molecule has 0 bridgehead atoms. The average molecular weight is 290 g/mol. The van der Waals surface area contributed by atoms with Gasteiger partial charge in [-0.1, -0.05) is 19.3 Å². The first-order valence-corrected chi connectivity index (χ1v) is 8.68. The molecule has 0 aromatic carbocycles. The molecular formula is C17H30N4. The summed E-state index contributed by atoms with van der Waals surface area (Å²) in [6.07, 6.45) is 10.2. The fourth-order valence-corrected chi connectivity index (χ4v) is 4.15. The molecule has 1 aliphatic carbocycles. The van der Waals surface area contributed by atoms with Crippen LogP contribution in [0.4, 0.5) is 0 Å². The Balaban J connectivity index is 1.62. The predicted octanol–water partition coefficient (Wildman–Crippen LogP) is 2.21. The second-order valence-corrected chi connectivity index (χ2v) is 6.97. The Morgan fingerprint density at radius 3 is 2.81 bits per heavy atom. The monoisotopic (exact) mass is 290 g/mol. The van der Waals surface area contributed by atoms with Gasteiger partial charge in [-0.15, -0.1) is 0 Å². The zero-order valence-corrected chi connectivity index (χ0v) is 13.6. The van der Waals surface area contributed by atoms with Crippen molar-refractivity contribution < 1.29 is 0 Å². The van der Waals surface area contributed by atoms with E-state index in [9.17, 15) is 0 Å². The van der Waals surface area contributed by atoms with Crippen LogP contribution in [0.15, 0.2) is 12.3 Å². The second-order valence-electron chi connectivity index (χ2n) is 6.97. The maximum atomic E-state index is 4.29. The number of hydrogen-bond acceptors (Lipinski definition) is 3.